The second kappa shape index (κ2) is 5.79. The van der Waals surface area contributed by atoms with Crippen LogP contribution >= 0.6 is 0 Å². The lowest BCUT2D eigenvalue weighted by Gasteiger charge is -2.17. The van der Waals surface area contributed by atoms with E-state index in [0.29, 0.717) is 31.9 Å². The van der Waals surface area contributed by atoms with E-state index in [9.17, 15) is 4.79 Å². The highest BCUT2D eigenvalue weighted by Crippen LogP contribution is 2.06. The lowest BCUT2D eigenvalue weighted by Crippen LogP contribution is -2.33. The molecule has 17 heavy (non-hydrogen) atoms. The van der Waals surface area contributed by atoms with Crippen molar-refractivity contribution < 1.29 is 9.53 Å². The Balaban J connectivity index is 2.01. The van der Waals surface area contributed by atoms with Crippen LogP contribution in [-0.4, -0.2) is 53.2 Å². The van der Waals surface area contributed by atoms with E-state index in [1.54, 1.807) is 17.4 Å². The molecule has 0 atom stereocenters. The molecule has 1 saturated heterocycles. The van der Waals surface area contributed by atoms with E-state index >= 15 is 0 Å². The van der Waals surface area contributed by atoms with Crippen LogP contribution in [0.1, 0.15) is 16.9 Å². The number of hydrogen-bond acceptors (Lipinski definition) is 4. The van der Waals surface area contributed by atoms with E-state index in [-0.39, 0.29) is 5.91 Å². The monoisotopic (exact) mass is 238 g/mol. The minimum Gasteiger partial charge on any atom is -0.380 e. The van der Waals surface area contributed by atoms with Crippen molar-refractivity contribution in [3.63, 3.8) is 0 Å². The highest BCUT2D eigenvalue weighted by Gasteiger charge is 2.19. The molecule has 0 unspecified atom stereocenters. The molecule has 1 aromatic heterocycles. The number of nitrogens with two attached hydrogens (primary N) is 1. The zero-order valence-corrected chi connectivity index (χ0v) is 9.84. The number of carbonyl (C=O) groups is 1. The van der Waals surface area contributed by atoms with E-state index in [1.807, 2.05) is 4.57 Å². The van der Waals surface area contributed by atoms with Gasteiger partial charge in [0.1, 0.15) is 5.69 Å². The summed E-state index contributed by atoms with van der Waals surface area (Å²) in [7, 11) is 0. The maximum absolute atomic E-state index is 12.1. The van der Waals surface area contributed by atoms with Crippen LogP contribution in [0.25, 0.3) is 0 Å². The van der Waals surface area contributed by atoms with Gasteiger partial charge in [-0.1, -0.05) is 0 Å². The van der Waals surface area contributed by atoms with Crippen LogP contribution < -0.4 is 5.73 Å². The second-order valence-corrected chi connectivity index (χ2v) is 4.04. The van der Waals surface area contributed by atoms with Gasteiger partial charge in [0.2, 0.25) is 0 Å². The first-order valence-electron chi connectivity index (χ1n) is 5.90. The summed E-state index contributed by atoms with van der Waals surface area (Å²) in [6.45, 7) is 3.94. The molecule has 0 aliphatic carbocycles. The molecule has 2 N–H and O–H groups in total. The molecule has 1 aromatic rings. The van der Waals surface area contributed by atoms with Gasteiger partial charge in [0.25, 0.3) is 5.91 Å². The average Bonchev–Trinajstić information content (AvgIpc) is 2.64. The minimum atomic E-state index is -0.0220. The topological polar surface area (TPSA) is 73.4 Å². The molecule has 1 fully saturated rings. The predicted octanol–water partition coefficient (Wildman–Crippen LogP) is -0.296. The van der Waals surface area contributed by atoms with E-state index in [2.05, 4.69) is 4.98 Å². The molecule has 0 spiro atoms. The molecule has 0 bridgehead atoms. The second-order valence-electron chi connectivity index (χ2n) is 4.04. The van der Waals surface area contributed by atoms with Crippen LogP contribution in [0.2, 0.25) is 0 Å². The summed E-state index contributed by atoms with van der Waals surface area (Å²) in [5.74, 6) is -0.0220. The van der Waals surface area contributed by atoms with Gasteiger partial charge in [0, 0.05) is 39.0 Å². The van der Waals surface area contributed by atoms with Gasteiger partial charge in [-0.2, -0.15) is 0 Å². The van der Waals surface area contributed by atoms with Crippen LogP contribution in [0.15, 0.2) is 12.5 Å². The fourth-order valence-corrected chi connectivity index (χ4v) is 1.85. The number of aromatic nitrogens is 2. The number of nitrogens with zero attached hydrogens (tertiary/aromatic N) is 3. The number of amides is 1. The quantitative estimate of drug-likeness (QED) is 0.785. The summed E-state index contributed by atoms with van der Waals surface area (Å²) in [4.78, 5) is 18.0. The smallest absolute Gasteiger partial charge is 0.274 e. The van der Waals surface area contributed by atoms with Gasteiger partial charge in [-0.25, -0.2) is 4.98 Å². The van der Waals surface area contributed by atoms with E-state index < -0.39 is 0 Å². The van der Waals surface area contributed by atoms with E-state index in [1.165, 1.54) is 0 Å². The number of imidazole rings is 1. The molecule has 1 aliphatic heterocycles. The zero-order chi connectivity index (χ0) is 12.1. The summed E-state index contributed by atoms with van der Waals surface area (Å²) in [6.07, 6.45) is 4.28. The van der Waals surface area contributed by atoms with Gasteiger partial charge in [-0.05, 0) is 6.42 Å². The Morgan fingerprint density at radius 1 is 1.47 bits per heavy atom. The van der Waals surface area contributed by atoms with E-state index in [4.69, 9.17) is 10.5 Å². The van der Waals surface area contributed by atoms with Crippen molar-refractivity contribution in [3.05, 3.63) is 18.2 Å². The van der Waals surface area contributed by atoms with Crippen LogP contribution in [0.4, 0.5) is 0 Å². The normalized spacial score (nSPS) is 16.9. The summed E-state index contributed by atoms with van der Waals surface area (Å²) in [6, 6.07) is 0. The predicted molar refractivity (Wildman–Crippen MR) is 62.6 cm³/mol. The maximum atomic E-state index is 12.1. The van der Waals surface area contributed by atoms with Crippen molar-refractivity contribution in [2.24, 2.45) is 5.73 Å². The standard InChI is InChI=1S/C11H18N4O2/c12-2-4-14-8-10(13-9-14)11(16)15-3-1-6-17-7-5-15/h8-9H,1-7,12H2. The van der Waals surface area contributed by atoms with Gasteiger partial charge in [-0.15, -0.1) is 0 Å². The third-order valence-corrected chi connectivity index (χ3v) is 2.75. The SMILES string of the molecule is NCCn1cnc(C(=O)N2CCCOCC2)c1. The number of rotatable bonds is 3. The molecule has 0 saturated carbocycles. The van der Waals surface area contributed by atoms with Gasteiger partial charge in [-0.3, -0.25) is 4.79 Å². The molecule has 0 radical (unpaired) electrons. The van der Waals surface area contributed by atoms with Crippen LogP contribution in [0, 0.1) is 0 Å². The maximum Gasteiger partial charge on any atom is 0.274 e. The minimum absolute atomic E-state index is 0.0220. The molecule has 1 amide bonds. The fraction of sp³-hybridized carbons (Fsp3) is 0.636. The highest BCUT2D eigenvalue weighted by molar-refractivity contribution is 5.92. The molecule has 1 aliphatic rings. The summed E-state index contributed by atoms with van der Waals surface area (Å²) in [5, 5.41) is 0. The Bertz CT molecular complexity index is 369. The molecule has 0 aromatic carbocycles. The van der Waals surface area contributed by atoms with Gasteiger partial charge in [0.15, 0.2) is 0 Å². The molecular weight excluding hydrogens is 220 g/mol. The van der Waals surface area contributed by atoms with Gasteiger partial charge >= 0.3 is 0 Å². The molecule has 6 nitrogen and oxygen atoms in total. The zero-order valence-electron chi connectivity index (χ0n) is 9.84. The summed E-state index contributed by atoms with van der Waals surface area (Å²) < 4.78 is 7.15. The van der Waals surface area contributed by atoms with Crippen molar-refractivity contribution in [3.8, 4) is 0 Å². The first-order valence-corrected chi connectivity index (χ1v) is 5.90. The summed E-state index contributed by atoms with van der Waals surface area (Å²) >= 11 is 0. The number of hydrogen-bond donors (Lipinski definition) is 1. The number of ether oxygens (including phenoxy) is 1. The Morgan fingerprint density at radius 3 is 3.18 bits per heavy atom. The molecule has 2 rings (SSSR count). The largest absolute Gasteiger partial charge is 0.380 e. The lowest BCUT2D eigenvalue weighted by atomic mass is 10.3. The van der Waals surface area contributed by atoms with Crippen LogP contribution in [0.5, 0.6) is 0 Å². The average molecular weight is 238 g/mol. The first-order chi connectivity index (χ1) is 8.31. The third kappa shape index (κ3) is 3.04. The Morgan fingerprint density at radius 2 is 2.35 bits per heavy atom. The molecule has 6 heteroatoms. The summed E-state index contributed by atoms with van der Waals surface area (Å²) in [5.41, 5.74) is 5.94. The third-order valence-electron chi connectivity index (χ3n) is 2.75. The van der Waals surface area contributed by atoms with Crippen molar-refractivity contribution in [1.29, 1.82) is 0 Å². The fourth-order valence-electron chi connectivity index (χ4n) is 1.85. The van der Waals surface area contributed by atoms with Crippen molar-refractivity contribution in [2.45, 2.75) is 13.0 Å². The number of carbonyl (C=O) groups excluding carboxylic acids is 1. The van der Waals surface area contributed by atoms with Crippen molar-refractivity contribution >= 4 is 5.91 Å². The van der Waals surface area contributed by atoms with Crippen molar-refractivity contribution in [1.82, 2.24) is 14.5 Å². The van der Waals surface area contributed by atoms with Crippen LogP contribution in [-0.2, 0) is 11.3 Å². The lowest BCUT2D eigenvalue weighted by molar-refractivity contribution is 0.0736. The molecular formula is C11H18N4O2. The van der Waals surface area contributed by atoms with Crippen LogP contribution in [0.3, 0.4) is 0 Å². The van der Waals surface area contributed by atoms with Crippen molar-refractivity contribution in [2.75, 3.05) is 32.8 Å². The Kier molecular flexibility index (Phi) is 4.11. The van der Waals surface area contributed by atoms with Gasteiger partial charge < -0.3 is 19.9 Å². The first kappa shape index (κ1) is 12.1. The highest BCUT2D eigenvalue weighted by atomic mass is 16.5. The Hall–Kier alpha value is -1.40. The molecule has 2 heterocycles. The van der Waals surface area contributed by atoms with E-state index in [0.717, 1.165) is 19.6 Å². The molecule has 94 valence electrons. The van der Waals surface area contributed by atoms with Gasteiger partial charge in [0.05, 0.1) is 12.9 Å². The Labute approximate surface area is 100 Å².